The van der Waals surface area contributed by atoms with Gasteiger partial charge in [0.2, 0.25) is 0 Å². The molecule has 0 saturated carbocycles. The van der Waals surface area contributed by atoms with Gasteiger partial charge in [-0.25, -0.2) is 0 Å². The van der Waals surface area contributed by atoms with Crippen LogP contribution in [-0.4, -0.2) is 45.6 Å². The second kappa shape index (κ2) is 5.08. The molecule has 4 heteroatoms. The Morgan fingerprint density at radius 2 is 2.00 bits per heavy atom. The molecule has 2 saturated heterocycles. The van der Waals surface area contributed by atoms with E-state index >= 15 is 0 Å². The van der Waals surface area contributed by atoms with Crippen molar-refractivity contribution in [1.82, 2.24) is 0 Å². The molecule has 2 heterocycles. The van der Waals surface area contributed by atoms with E-state index in [4.69, 9.17) is 4.74 Å². The second-order valence-corrected chi connectivity index (χ2v) is 7.22. The van der Waals surface area contributed by atoms with Crippen molar-refractivity contribution in [3.05, 3.63) is 0 Å². The molecule has 2 N–H and O–H groups in total. The highest BCUT2D eigenvalue weighted by Crippen LogP contribution is 2.41. The van der Waals surface area contributed by atoms with Crippen LogP contribution in [0.25, 0.3) is 0 Å². The first-order valence-corrected chi connectivity index (χ1v) is 7.71. The highest BCUT2D eigenvalue weighted by Gasteiger charge is 2.43. The molecule has 2 aliphatic rings. The van der Waals surface area contributed by atoms with Gasteiger partial charge in [0.15, 0.2) is 0 Å². The minimum absolute atomic E-state index is 0.0135. The van der Waals surface area contributed by atoms with Crippen LogP contribution in [-0.2, 0) is 4.74 Å². The minimum atomic E-state index is -1.01. The summed E-state index contributed by atoms with van der Waals surface area (Å²) in [4.78, 5) is 0. The molecule has 2 fully saturated rings. The maximum atomic E-state index is 10.2. The topological polar surface area (TPSA) is 49.7 Å². The third-order valence-electron chi connectivity index (χ3n) is 4.11. The molecule has 1 spiro atoms. The number of hydrogen-bond acceptors (Lipinski definition) is 4. The monoisotopic (exact) mass is 260 g/mol. The summed E-state index contributed by atoms with van der Waals surface area (Å²) in [6.45, 7) is 4.11. The average molecular weight is 260 g/mol. The molecule has 100 valence electrons. The van der Waals surface area contributed by atoms with E-state index in [0.717, 1.165) is 43.8 Å². The quantitative estimate of drug-likeness (QED) is 0.795. The lowest BCUT2D eigenvalue weighted by Crippen LogP contribution is -2.50. The molecule has 2 aliphatic heterocycles. The highest BCUT2D eigenvalue weighted by molar-refractivity contribution is 7.99. The smallest absolute Gasteiger partial charge is 0.0852 e. The van der Waals surface area contributed by atoms with Gasteiger partial charge in [-0.15, -0.1) is 0 Å². The zero-order valence-corrected chi connectivity index (χ0v) is 11.6. The summed E-state index contributed by atoms with van der Waals surface area (Å²) >= 11 is 1.99. The van der Waals surface area contributed by atoms with E-state index in [2.05, 4.69) is 0 Å². The molecule has 17 heavy (non-hydrogen) atoms. The van der Waals surface area contributed by atoms with Crippen molar-refractivity contribution in [2.75, 3.05) is 18.1 Å². The van der Waals surface area contributed by atoms with Gasteiger partial charge < -0.3 is 14.9 Å². The van der Waals surface area contributed by atoms with Crippen LogP contribution in [0.5, 0.6) is 0 Å². The number of ether oxygens (including phenoxy) is 1. The Morgan fingerprint density at radius 3 is 2.59 bits per heavy atom. The molecule has 2 rings (SSSR count). The number of aliphatic hydroxyl groups excluding tert-OH is 1. The van der Waals surface area contributed by atoms with E-state index in [0.29, 0.717) is 0 Å². The van der Waals surface area contributed by atoms with Gasteiger partial charge in [0.05, 0.1) is 17.3 Å². The van der Waals surface area contributed by atoms with Gasteiger partial charge in [0.25, 0.3) is 0 Å². The van der Waals surface area contributed by atoms with E-state index in [9.17, 15) is 10.2 Å². The predicted molar refractivity (Wildman–Crippen MR) is 70.3 cm³/mol. The molecule has 0 radical (unpaired) electrons. The van der Waals surface area contributed by atoms with Gasteiger partial charge in [-0.3, -0.25) is 0 Å². The van der Waals surface area contributed by atoms with Crippen molar-refractivity contribution in [3.63, 3.8) is 0 Å². The summed E-state index contributed by atoms with van der Waals surface area (Å²) in [5.41, 5.74) is -1.02. The van der Waals surface area contributed by atoms with Crippen molar-refractivity contribution in [1.29, 1.82) is 0 Å². The summed E-state index contributed by atoms with van der Waals surface area (Å²) in [7, 11) is 0. The fourth-order valence-corrected chi connectivity index (χ4v) is 4.24. The minimum Gasteiger partial charge on any atom is -0.390 e. The SMILES string of the molecule is CC(C)(O)C(O)C1CCOC2(CCSCC2)C1. The van der Waals surface area contributed by atoms with Crippen LogP contribution in [0.3, 0.4) is 0 Å². The summed E-state index contributed by atoms with van der Waals surface area (Å²) in [6.07, 6.45) is 3.30. The predicted octanol–water partition coefficient (Wildman–Crippen LogP) is 1.81. The maximum Gasteiger partial charge on any atom is 0.0852 e. The number of thioether (sulfide) groups is 1. The van der Waals surface area contributed by atoms with Gasteiger partial charge in [-0.1, -0.05) is 0 Å². The number of hydrogen-bond donors (Lipinski definition) is 2. The molecular weight excluding hydrogens is 236 g/mol. The summed E-state index contributed by atoms with van der Waals surface area (Å²) in [5, 5.41) is 20.1. The average Bonchev–Trinajstić information content (AvgIpc) is 2.28. The van der Waals surface area contributed by atoms with Crippen molar-refractivity contribution in [2.24, 2.45) is 5.92 Å². The van der Waals surface area contributed by atoms with E-state index in [-0.39, 0.29) is 11.5 Å². The van der Waals surface area contributed by atoms with Crippen molar-refractivity contribution >= 4 is 11.8 Å². The van der Waals surface area contributed by atoms with Crippen LogP contribution in [0.2, 0.25) is 0 Å². The zero-order valence-electron chi connectivity index (χ0n) is 10.8. The molecule has 2 unspecified atom stereocenters. The third-order valence-corrected chi connectivity index (χ3v) is 5.09. The Labute approximate surface area is 108 Å². The Kier molecular flexibility index (Phi) is 4.08. The largest absolute Gasteiger partial charge is 0.390 e. The van der Waals surface area contributed by atoms with E-state index < -0.39 is 11.7 Å². The van der Waals surface area contributed by atoms with Crippen molar-refractivity contribution in [2.45, 2.75) is 56.8 Å². The van der Waals surface area contributed by atoms with Gasteiger partial charge in [-0.2, -0.15) is 11.8 Å². The summed E-state index contributed by atoms with van der Waals surface area (Å²) in [6, 6.07) is 0. The van der Waals surface area contributed by atoms with Gasteiger partial charge in [-0.05, 0) is 57.0 Å². The normalized spacial score (nSPS) is 31.4. The molecule has 3 nitrogen and oxygen atoms in total. The lowest BCUT2D eigenvalue weighted by Gasteiger charge is -2.46. The first-order valence-electron chi connectivity index (χ1n) is 6.55. The summed E-state index contributed by atoms with van der Waals surface area (Å²) < 4.78 is 5.99. The van der Waals surface area contributed by atoms with Crippen molar-refractivity contribution in [3.8, 4) is 0 Å². The fourth-order valence-electron chi connectivity index (χ4n) is 3.00. The lowest BCUT2D eigenvalue weighted by molar-refractivity contribution is -0.150. The Bertz CT molecular complexity index is 250. The van der Waals surface area contributed by atoms with Gasteiger partial charge in [0.1, 0.15) is 0 Å². The van der Waals surface area contributed by atoms with Gasteiger partial charge >= 0.3 is 0 Å². The second-order valence-electron chi connectivity index (χ2n) is 6.00. The van der Waals surface area contributed by atoms with Crippen LogP contribution in [0.4, 0.5) is 0 Å². The Morgan fingerprint density at radius 1 is 1.35 bits per heavy atom. The van der Waals surface area contributed by atoms with Gasteiger partial charge in [0, 0.05) is 6.61 Å². The van der Waals surface area contributed by atoms with Crippen molar-refractivity contribution < 1.29 is 14.9 Å². The first kappa shape index (κ1) is 13.7. The number of rotatable bonds is 2. The first-order chi connectivity index (χ1) is 7.93. The molecule has 0 amide bonds. The Balaban J connectivity index is 2.01. The molecule has 0 aromatic heterocycles. The van der Waals surface area contributed by atoms with E-state index in [1.807, 2.05) is 11.8 Å². The van der Waals surface area contributed by atoms with E-state index in [1.165, 1.54) is 0 Å². The van der Waals surface area contributed by atoms with Crippen LogP contribution in [0.1, 0.15) is 39.5 Å². The zero-order chi connectivity index (χ0) is 12.5. The van der Waals surface area contributed by atoms with Crippen LogP contribution >= 0.6 is 11.8 Å². The highest BCUT2D eigenvalue weighted by atomic mass is 32.2. The molecular formula is C13H24O3S. The molecule has 0 aliphatic carbocycles. The van der Waals surface area contributed by atoms with Crippen LogP contribution in [0.15, 0.2) is 0 Å². The lowest BCUT2D eigenvalue weighted by atomic mass is 9.76. The summed E-state index contributed by atoms with van der Waals surface area (Å²) in [5.74, 6) is 2.49. The van der Waals surface area contributed by atoms with E-state index in [1.54, 1.807) is 13.8 Å². The molecule has 0 aromatic rings. The number of aliphatic hydroxyl groups is 2. The molecule has 0 aromatic carbocycles. The Hall–Kier alpha value is 0.230. The standard InChI is InChI=1S/C13H24O3S/c1-12(2,15)11(14)10-3-6-16-13(9-10)4-7-17-8-5-13/h10-11,14-15H,3-9H2,1-2H3. The maximum absolute atomic E-state index is 10.2. The molecule has 0 bridgehead atoms. The fraction of sp³-hybridized carbons (Fsp3) is 1.00. The third kappa shape index (κ3) is 3.16. The van der Waals surface area contributed by atoms with Crippen LogP contribution in [0, 0.1) is 5.92 Å². The van der Waals surface area contributed by atoms with Crippen LogP contribution < -0.4 is 0 Å². The molecule has 2 atom stereocenters.